The van der Waals surface area contributed by atoms with E-state index in [4.69, 9.17) is 5.73 Å². The molecule has 18 heavy (non-hydrogen) atoms. The Balaban J connectivity index is 1.98. The Hall–Kier alpha value is -1.85. The average Bonchev–Trinajstić information content (AvgIpc) is 2.37. The molecule has 3 N–H and O–H groups in total. The molecule has 0 aromatic carbocycles. The summed E-state index contributed by atoms with van der Waals surface area (Å²) < 4.78 is 0. The number of nitrogens with zero attached hydrogens (tertiary/aromatic N) is 3. The number of piperidine rings is 1. The first-order chi connectivity index (χ1) is 8.66. The van der Waals surface area contributed by atoms with Gasteiger partial charge in [0.1, 0.15) is 0 Å². The third-order valence-corrected chi connectivity index (χ3v) is 4.00. The monoisotopic (exact) mass is 248 g/mol. The van der Waals surface area contributed by atoms with Crippen molar-refractivity contribution in [3.63, 3.8) is 0 Å². The Morgan fingerprint density at radius 2 is 2.33 bits per heavy atom. The van der Waals surface area contributed by atoms with Crippen LogP contribution in [0.1, 0.15) is 36.4 Å². The first-order valence-electron chi connectivity index (χ1n) is 6.27. The molecule has 6 nitrogen and oxygen atoms in total. The molecule has 0 unspecified atom stereocenters. The summed E-state index contributed by atoms with van der Waals surface area (Å²) in [4.78, 5) is 21.2. The molecule has 2 atom stereocenters. The molecule has 1 amide bonds. The average molecular weight is 248 g/mol. The first-order valence-corrected chi connectivity index (χ1v) is 6.27. The molecule has 2 heterocycles. The Kier molecular flexibility index (Phi) is 2.57. The lowest BCUT2D eigenvalue weighted by Gasteiger charge is -2.42. The van der Waals surface area contributed by atoms with E-state index in [-0.39, 0.29) is 17.9 Å². The minimum absolute atomic E-state index is 0.0537. The van der Waals surface area contributed by atoms with Gasteiger partial charge in [-0.25, -0.2) is 14.8 Å². The smallest absolute Gasteiger partial charge is 0.407 e. The Bertz CT molecular complexity index is 491. The van der Waals surface area contributed by atoms with Crippen LogP contribution in [0.4, 0.5) is 10.7 Å². The molecule has 1 saturated heterocycles. The third kappa shape index (κ3) is 1.68. The number of amides is 1. The summed E-state index contributed by atoms with van der Waals surface area (Å²) in [6.07, 6.45) is 4.52. The second kappa shape index (κ2) is 4.12. The van der Waals surface area contributed by atoms with Crippen LogP contribution in [-0.4, -0.2) is 38.7 Å². The Morgan fingerprint density at radius 1 is 1.50 bits per heavy atom. The van der Waals surface area contributed by atoms with Crippen molar-refractivity contribution in [3.05, 3.63) is 17.5 Å². The van der Waals surface area contributed by atoms with Crippen molar-refractivity contribution in [2.45, 2.75) is 37.6 Å². The molecule has 1 fully saturated rings. The zero-order valence-corrected chi connectivity index (χ0v) is 10.0. The highest BCUT2D eigenvalue weighted by molar-refractivity contribution is 5.66. The van der Waals surface area contributed by atoms with Gasteiger partial charge in [0, 0.05) is 24.7 Å². The summed E-state index contributed by atoms with van der Waals surface area (Å²) >= 11 is 0. The molecular formula is C12H16N4O2. The van der Waals surface area contributed by atoms with Crippen molar-refractivity contribution >= 4 is 12.0 Å². The van der Waals surface area contributed by atoms with Gasteiger partial charge in [-0.15, -0.1) is 0 Å². The van der Waals surface area contributed by atoms with Gasteiger partial charge >= 0.3 is 6.09 Å². The van der Waals surface area contributed by atoms with Crippen LogP contribution in [0.5, 0.6) is 0 Å². The van der Waals surface area contributed by atoms with Gasteiger partial charge in [-0.05, 0) is 31.2 Å². The number of likely N-dealkylation sites (tertiary alicyclic amines) is 1. The third-order valence-electron chi connectivity index (χ3n) is 4.00. The lowest BCUT2D eigenvalue weighted by molar-refractivity contribution is 0.0888. The maximum atomic E-state index is 11.3. The number of nitrogens with two attached hydrogens (primary N) is 1. The van der Waals surface area contributed by atoms with Crippen LogP contribution in [0.2, 0.25) is 0 Å². The van der Waals surface area contributed by atoms with E-state index in [2.05, 4.69) is 9.97 Å². The second-order valence-corrected chi connectivity index (χ2v) is 4.97. The summed E-state index contributed by atoms with van der Waals surface area (Å²) in [5, 5.41) is 9.25. The van der Waals surface area contributed by atoms with E-state index in [0.29, 0.717) is 6.54 Å². The molecule has 2 aliphatic rings. The normalized spacial score (nSPS) is 26.3. The second-order valence-electron chi connectivity index (χ2n) is 4.97. The highest BCUT2D eigenvalue weighted by Crippen LogP contribution is 2.39. The van der Waals surface area contributed by atoms with Crippen molar-refractivity contribution in [2.75, 3.05) is 12.3 Å². The van der Waals surface area contributed by atoms with Gasteiger partial charge in [0.25, 0.3) is 0 Å². The van der Waals surface area contributed by atoms with Crippen LogP contribution in [0.15, 0.2) is 6.20 Å². The van der Waals surface area contributed by atoms with Crippen LogP contribution < -0.4 is 5.73 Å². The molecule has 0 bridgehead atoms. The highest BCUT2D eigenvalue weighted by Gasteiger charge is 2.39. The van der Waals surface area contributed by atoms with E-state index < -0.39 is 6.09 Å². The van der Waals surface area contributed by atoms with Crippen molar-refractivity contribution in [3.8, 4) is 0 Å². The maximum absolute atomic E-state index is 11.3. The highest BCUT2D eigenvalue weighted by atomic mass is 16.4. The molecule has 1 aromatic heterocycles. The molecule has 3 rings (SSSR count). The van der Waals surface area contributed by atoms with E-state index in [1.165, 1.54) is 0 Å². The number of aryl methyl sites for hydroxylation is 1. The Morgan fingerprint density at radius 3 is 3.11 bits per heavy atom. The minimum Gasteiger partial charge on any atom is -0.465 e. The molecule has 0 spiro atoms. The SMILES string of the molecule is Nc1ncc2c(n1)[C@@H]1CCCN(C(=O)O)[C@@H]1CC2. The topological polar surface area (TPSA) is 92.3 Å². The number of aromatic nitrogens is 2. The van der Waals surface area contributed by atoms with Crippen molar-refractivity contribution in [1.29, 1.82) is 0 Å². The number of carbonyl (C=O) groups is 1. The molecule has 1 aromatic rings. The van der Waals surface area contributed by atoms with E-state index in [9.17, 15) is 9.90 Å². The Labute approximate surface area is 105 Å². The number of nitrogen functional groups attached to an aromatic ring is 1. The largest absolute Gasteiger partial charge is 0.465 e. The number of rotatable bonds is 0. The number of hydrogen-bond donors (Lipinski definition) is 2. The number of carboxylic acid groups (broad SMARTS) is 1. The van der Waals surface area contributed by atoms with Gasteiger partial charge in [0.2, 0.25) is 5.95 Å². The molecular weight excluding hydrogens is 232 g/mol. The summed E-state index contributed by atoms with van der Waals surface area (Å²) in [5.74, 6) is 0.464. The molecule has 6 heteroatoms. The quantitative estimate of drug-likeness (QED) is 0.720. The molecule has 1 aliphatic heterocycles. The molecule has 0 saturated carbocycles. The zero-order valence-electron chi connectivity index (χ0n) is 10.0. The first kappa shape index (κ1) is 11.3. The summed E-state index contributed by atoms with van der Waals surface area (Å²) in [6, 6.07) is 0.0537. The zero-order chi connectivity index (χ0) is 12.7. The fraction of sp³-hybridized carbons (Fsp3) is 0.583. The van der Waals surface area contributed by atoms with Crippen molar-refractivity contribution in [1.82, 2.24) is 14.9 Å². The number of anilines is 1. The molecule has 0 radical (unpaired) electrons. The van der Waals surface area contributed by atoms with Crippen LogP contribution in [0, 0.1) is 0 Å². The van der Waals surface area contributed by atoms with Crippen LogP contribution in [0.25, 0.3) is 0 Å². The predicted molar refractivity (Wildman–Crippen MR) is 65.3 cm³/mol. The van der Waals surface area contributed by atoms with Gasteiger partial charge in [-0.2, -0.15) is 0 Å². The molecule has 1 aliphatic carbocycles. The minimum atomic E-state index is -0.824. The van der Waals surface area contributed by atoms with Gasteiger partial charge in [-0.1, -0.05) is 0 Å². The van der Waals surface area contributed by atoms with Crippen molar-refractivity contribution < 1.29 is 9.90 Å². The van der Waals surface area contributed by atoms with E-state index in [0.717, 1.165) is 36.9 Å². The summed E-state index contributed by atoms with van der Waals surface area (Å²) in [5.41, 5.74) is 7.73. The van der Waals surface area contributed by atoms with Gasteiger partial charge < -0.3 is 15.7 Å². The standard InChI is InChI=1S/C12H16N4O2/c13-11-14-6-7-3-4-9-8(10(7)15-11)2-1-5-16(9)12(17)18/h6,8-9H,1-5H2,(H,17,18)(H2,13,14,15)/t8-,9-/m1/s1. The fourth-order valence-electron chi connectivity index (χ4n) is 3.22. The van der Waals surface area contributed by atoms with Crippen molar-refractivity contribution in [2.24, 2.45) is 0 Å². The van der Waals surface area contributed by atoms with E-state index in [1.807, 2.05) is 0 Å². The van der Waals surface area contributed by atoms with Crippen LogP contribution in [-0.2, 0) is 6.42 Å². The number of hydrogen-bond acceptors (Lipinski definition) is 4. The maximum Gasteiger partial charge on any atom is 0.407 e. The van der Waals surface area contributed by atoms with E-state index >= 15 is 0 Å². The summed E-state index contributed by atoms with van der Waals surface area (Å²) in [6.45, 7) is 0.631. The van der Waals surface area contributed by atoms with Gasteiger partial charge in [0.15, 0.2) is 0 Å². The molecule has 96 valence electrons. The van der Waals surface area contributed by atoms with E-state index in [1.54, 1.807) is 11.1 Å². The van der Waals surface area contributed by atoms with Gasteiger partial charge in [0.05, 0.1) is 5.69 Å². The van der Waals surface area contributed by atoms with Gasteiger partial charge in [-0.3, -0.25) is 0 Å². The lowest BCUT2D eigenvalue weighted by atomic mass is 9.77. The lowest BCUT2D eigenvalue weighted by Crippen LogP contribution is -2.49. The van der Waals surface area contributed by atoms with Crippen LogP contribution in [0.3, 0.4) is 0 Å². The van der Waals surface area contributed by atoms with Crippen LogP contribution >= 0.6 is 0 Å². The number of fused-ring (bicyclic) bond motifs is 3. The summed E-state index contributed by atoms with van der Waals surface area (Å²) in [7, 11) is 0. The fourth-order valence-corrected chi connectivity index (χ4v) is 3.22. The predicted octanol–water partition coefficient (Wildman–Crippen LogP) is 1.23.